The van der Waals surface area contributed by atoms with E-state index in [1.165, 1.54) is 6.33 Å². The largest absolute Gasteiger partial charge is 0.486 e. The molecule has 0 fully saturated rings. The molecule has 0 unspecified atom stereocenters. The number of fused-ring (bicyclic) bond motifs is 2. The zero-order chi connectivity index (χ0) is 18.1. The first-order valence-electron chi connectivity index (χ1n) is 8.47. The molecule has 1 N–H and O–H groups in total. The maximum absolute atomic E-state index is 12.4. The summed E-state index contributed by atoms with van der Waals surface area (Å²) in [7, 11) is 0. The third-order valence-corrected chi connectivity index (χ3v) is 4.42. The summed E-state index contributed by atoms with van der Waals surface area (Å²) >= 11 is 0. The number of nitrogens with zero attached hydrogens (tertiary/aromatic N) is 4. The van der Waals surface area contributed by atoms with Gasteiger partial charge in [-0.3, -0.25) is 4.79 Å². The van der Waals surface area contributed by atoms with Gasteiger partial charge >= 0.3 is 0 Å². The van der Waals surface area contributed by atoms with Gasteiger partial charge in [-0.25, -0.2) is 9.50 Å². The quantitative estimate of drug-likeness (QED) is 0.772. The summed E-state index contributed by atoms with van der Waals surface area (Å²) in [5.74, 6) is 1.86. The maximum atomic E-state index is 12.4. The van der Waals surface area contributed by atoms with Crippen LogP contribution in [0.25, 0.3) is 5.78 Å². The van der Waals surface area contributed by atoms with E-state index >= 15 is 0 Å². The fourth-order valence-electron chi connectivity index (χ4n) is 3.10. The summed E-state index contributed by atoms with van der Waals surface area (Å²) < 4.78 is 12.7. The third kappa shape index (κ3) is 3.05. The number of rotatable bonds is 4. The van der Waals surface area contributed by atoms with Crippen molar-refractivity contribution in [2.75, 3.05) is 18.5 Å². The molecule has 26 heavy (non-hydrogen) atoms. The van der Waals surface area contributed by atoms with E-state index in [1.54, 1.807) is 16.6 Å². The Hall–Kier alpha value is -3.16. The van der Waals surface area contributed by atoms with E-state index in [9.17, 15) is 4.79 Å². The van der Waals surface area contributed by atoms with Crippen LogP contribution in [0.15, 0.2) is 24.5 Å². The Labute approximate surface area is 150 Å². The van der Waals surface area contributed by atoms with E-state index < -0.39 is 0 Å². The first-order chi connectivity index (χ1) is 12.6. The van der Waals surface area contributed by atoms with Crippen LogP contribution in [0.4, 0.5) is 5.69 Å². The molecule has 1 aliphatic heterocycles. The van der Waals surface area contributed by atoms with E-state index in [0.29, 0.717) is 49.0 Å². The molecule has 0 atom stereocenters. The molecule has 1 aliphatic rings. The lowest BCUT2D eigenvalue weighted by atomic mass is 10.1. The van der Waals surface area contributed by atoms with Crippen molar-refractivity contribution in [2.24, 2.45) is 0 Å². The minimum atomic E-state index is -0.0702. The number of ether oxygens (including phenoxy) is 2. The number of aryl methyl sites for hydroxylation is 2. The zero-order valence-electron chi connectivity index (χ0n) is 14.7. The molecule has 0 bridgehead atoms. The van der Waals surface area contributed by atoms with E-state index in [2.05, 4.69) is 20.4 Å². The van der Waals surface area contributed by atoms with Gasteiger partial charge in [-0.1, -0.05) is 0 Å². The Morgan fingerprint density at radius 3 is 2.88 bits per heavy atom. The summed E-state index contributed by atoms with van der Waals surface area (Å²) in [5.41, 5.74) is 3.53. The zero-order valence-corrected chi connectivity index (χ0v) is 14.7. The SMILES string of the molecule is Cc1nc2ncnn2c(C)c1CCC(=O)Nc1ccc2c(c1)OCCO2. The lowest BCUT2D eigenvalue weighted by molar-refractivity contribution is -0.116. The Kier molecular flexibility index (Phi) is 4.16. The van der Waals surface area contributed by atoms with Gasteiger partial charge in [-0.05, 0) is 38.0 Å². The highest BCUT2D eigenvalue weighted by Crippen LogP contribution is 2.32. The number of hydrogen-bond acceptors (Lipinski definition) is 6. The standard InChI is InChI=1S/C18H19N5O3/c1-11-14(12(2)23-18(21-11)19-10-20-23)4-6-17(24)22-13-3-5-15-16(9-13)26-8-7-25-15/h3,5,9-10H,4,6-8H2,1-2H3,(H,22,24). The number of anilines is 1. The molecule has 1 amide bonds. The molecule has 4 rings (SSSR count). The van der Waals surface area contributed by atoms with Gasteiger partial charge in [0, 0.05) is 29.6 Å². The fourth-order valence-corrected chi connectivity index (χ4v) is 3.10. The maximum Gasteiger partial charge on any atom is 0.252 e. The second-order valence-electron chi connectivity index (χ2n) is 6.14. The number of hydrogen-bond donors (Lipinski definition) is 1. The van der Waals surface area contributed by atoms with Crippen molar-refractivity contribution >= 4 is 17.4 Å². The van der Waals surface area contributed by atoms with Gasteiger partial charge < -0.3 is 14.8 Å². The van der Waals surface area contributed by atoms with Crippen molar-refractivity contribution in [3.8, 4) is 11.5 Å². The predicted octanol–water partition coefficient (Wildman–Crippen LogP) is 2.08. The van der Waals surface area contributed by atoms with Crippen LogP contribution in [0.1, 0.15) is 23.4 Å². The number of nitrogens with one attached hydrogen (secondary N) is 1. The Balaban J connectivity index is 1.44. The van der Waals surface area contributed by atoms with E-state index in [-0.39, 0.29) is 5.91 Å². The van der Waals surface area contributed by atoms with E-state index in [0.717, 1.165) is 17.0 Å². The first kappa shape index (κ1) is 16.3. The summed E-state index contributed by atoms with van der Waals surface area (Å²) in [6.07, 6.45) is 2.40. The highest BCUT2D eigenvalue weighted by Gasteiger charge is 2.15. The molecular formula is C18H19N5O3. The lowest BCUT2D eigenvalue weighted by Gasteiger charge is -2.19. The lowest BCUT2D eigenvalue weighted by Crippen LogP contribution is -2.17. The molecule has 8 nitrogen and oxygen atoms in total. The molecule has 0 radical (unpaired) electrons. The van der Waals surface area contributed by atoms with Gasteiger partial charge in [0.2, 0.25) is 5.91 Å². The van der Waals surface area contributed by atoms with E-state index in [4.69, 9.17) is 9.47 Å². The molecular weight excluding hydrogens is 334 g/mol. The minimum absolute atomic E-state index is 0.0702. The smallest absolute Gasteiger partial charge is 0.252 e. The van der Waals surface area contributed by atoms with Crippen molar-refractivity contribution in [1.82, 2.24) is 19.6 Å². The summed E-state index contributed by atoms with van der Waals surface area (Å²) in [6, 6.07) is 5.40. The van der Waals surface area contributed by atoms with Crippen LogP contribution < -0.4 is 14.8 Å². The average molecular weight is 353 g/mol. The molecule has 134 valence electrons. The molecule has 0 aliphatic carbocycles. The van der Waals surface area contributed by atoms with Crippen LogP contribution in [0.2, 0.25) is 0 Å². The fraction of sp³-hybridized carbons (Fsp3) is 0.333. The van der Waals surface area contributed by atoms with Crippen molar-refractivity contribution in [3.05, 3.63) is 41.5 Å². The number of carbonyl (C=O) groups is 1. The van der Waals surface area contributed by atoms with Crippen LogP contribution in [0.5, 0.6) is 11.5 Å². The van der Waals surface area contributed by atoms with Gasteiger partial charge in [-0.2, -0.15) is 10.1 Å². The topological polar surface area (TPSA) is 90.6 Å². The summed E-state index contributed by atoms with van der Waals surface area (Å²) in [6.45, 7) is 4.95. The molecule has 1 aromatic carbocycles. The molecule has 3 heterocycles. The van der Waals surface area contributed by atoms with Crippen molar-refractivity contribution < 1.29 is 14.3 Å². The van der Waals surface area contributed by atoms with Gasteiger partial charge in [-0.15, -0.1) is 0 Å². The van der Waals surface area contributed by atoms with Gasteiger partial charge in [0.15, 0.2) is 11.5 Å². The molecule has 0 saturated carbocycles. The number of amides is 1. The molecule has 0 saturated heterocycles. The molecule has 2 aromatic heterocycles. The molecule has 8 heteroatoms. The summed E-state index contributed by atoms with van der Waals surface area (Å²) in [4.78, 5) is 20.9. The van der Waals surface area contributed by atoms with Crippen LogP contribution in [-0.4, -0.2) is 38.7 Å². The van der Waals surface area contributed by atoms with Crippen molar-refractivity contribution in [3.63, 3.8) is 0 Å². The summed E-state index contributed by atoms with van der Waals surface area (Å²) in [5, 5.41) is 7.08. The van der Waals surface area contributed by atoms with Gasteiger partial charge in [0.1, 0.15) is 19.5 Å². The normalized spacial score (nSPS) is 13.0. The second-order valence-corrected chi connectivity index (χ2v) is 6.14. The number of carbonyl (C=O) groups excluding carboxylic acids is 1. The average Bonchev–Trinajstić information content (AvgIpc) is 3.10. The monoisotopic (exact) mass is 353 g/mol. The Bertz CT molecular complexity index is 982. The van der Waals surface area contributed by atoms with Crippen LogP contribution in [0, 0.1) is 13.8 Å². The van der Waals surface area contributed by atoms with Crippen LogP contribution >= 0.6 is 0 Å². The minimum Gasteiger partial charge on any atom is -0.486 e. The van der Waals surface area contributed by atoms with Crippen molar-refractivity contribution in [1.29, 1.82) is 0 Å². The van der Waals surface area contributed by atoms with Gasteiger partial charge in [0.05, 0.1) is 0 Å². The highest BCUT2D eigenvalue weighted by atomic mass is 16.6. The van der Waals surface area contributed by atoms with Crippen LogP contribution in [0.3, 0.4) is 0 Å². The van der Waals surface area contributed by atoms with Gasteiger partial charge in [0.25, 0.3) is 5.78 Å². The highest BCUT2D eigenvalue weighted by molar-refractivity contribution is 5.91. The van der Waals surface area contributed by atoms with E-state index in [1.807, 2.05) is 19.9 Å². The molecule has 0 spiro atoms. The van der Waals surface area contributed by atoms with Crippen LogP contribution in [-0.2, 0) is 11.2 Å². The van der Waals surface area contributed by atoms with Crippen molar-refractivity contribution in [2.45, 2.75) is 26.7 Å². The second kappa shape index (κ2) is 6.62. The first-order valence-corrected chi connectivity index (χ1v) is 8.47. The number of benzene rings is 1. The predicted molar refractivity (Wildman–Crippen MR) is 94.6 cm³/mol. The number of aromatic nitrogens is 4. The Morgan fingerprint density at radius 2 is 2.04 bits per heavy atom. The Morgan fingerprint density at radius 1 is 1.23 bits per heavy atom. The molecule has 3 aromatic rings. The third-order valence-electron chi connectivity index (χ3n) is 4.42.